The Hall–Kier alpha value is -4.46. The molecule has 30 heavy (non-hydrogen) atoms. The fourth-order valence-corrected chi connectivity index (χ4v) is 3.39. The minimum absolute atomic E-state index is 0.0194. The Labute approximate surface area is 166 Å². The maximum atomic E-state index is 12.8. The van der Waals surface area contributed by atoms with Gasteiger partial charge in [-0.3, -0.25) is 9.59 Å². The van der Waals surface area contributed by atoms with Crippen molar-refractivity contribution in [2.75, 3.05) is 5.73 Å². The van der Waals surface area contributed by atoms with Crippen molar-refractivity contribution in [3.05, 3.63) is 102 Å². The SMILES string of the molecule is Nc1ccc(Oc2ccc(-n3c(=O)c4cc5c(=O)oc(=O)c5cc4c3=O)cc2)cc1. The van der Waals surface area contributed by atoms with E-state index in [0.717, 1.165) is 4.57 Å². The summed E-state index contributed by atoms with van der Waals surface area (Å²) in [6.45, 7) is 0. The van der Waals surface area contributed by atoms with E-state index in [0.29, 0.717) is 22.9 Å². The summed E-state index contributed by atoms with van der Waals surface area (Å²) >= 11 is 0. The topological polar surface area (TPSA) is 122 Å². The highest BCUT2D eigenvalue weighted by Gasteiger charge is 2.18. The van der Waals surface area contributed by atoms with Crippen LogP contribution in [-0.2, 0) is 0 Å². The van der Waals surface area contributed by atoms with Gasteiger partial charge in [0.1, 0.15) is 11.5 Å². The van der Waals surface area contributed by atoms with Crippen molar-refractivity contribution in [2.24, 2.45) is 0 Å². The fourth-order valence-electron chi connectivity index (χ4n) is 3.39. The molecule has 0 spiro atoms. The second-order valence-electron chi connectivity index (χ2n) is 6.73. The van der Waals surface area contributed by atoms with Crippen LogP contribution in [0.2, 0.25) is 0 Å². The largest absolute Gasteiger partial charge is 0.457 e. The average molecular weight is 400 g/mol. The first-order valence-electron chi connectivity index (χ1n) is 8.89. The lowest BCUT2D eigenvalue weighted by Gasteiger charge is -2.07. The normalized spacial score (nSPS) is 11.3. The van der Waals surface area contributed by atoms with Gasteiger partial charge in [-0.2, -0.15) is 0 Å². The average Bonchev–Trinajstić information content (AvgIpc) is 3.16. The van der Waals surface area contributed by atoms with E-state index in [1.54, 1.807) is 48.5 Å². The lowest BCUT2D eigenvalue weighted by atomic mass is 10.1. The first-order chi connectivity index (χ1) is 14.4. The minimum atomic E-state index is -0.833. The molecule has 3 aromatic carbocycles. The van der Waals surface area contributed by atoms with E-state index in [9.17, 15) is 19.2 Å². The highest BCUT2D eigenvalue weighted by Crippen LogP contribution is 2.23. The molecule has 0 unspecified atom stereocenters. The number of hydrogen-bond acceptors (Lipinski definition) is 7. The number of aromatic nitrogens is 1. The van der Waals surface area contributed by atoms with Crippen molar-refractivity contribution in [1.82, 2.24) is 4.57 Å². The van der Waals surface area contributed by atoms with Crippen LogP contribution in [0.5, 0.6) is 11.5 Å². The molecular weight excluding hydrogens is 388 g/mol. The van der Waals surface area contributed by atoms with Gasteiger partial charge in [0.25, 0.3) is 11.1 Å². The monoisotopic (exact) mass is 400 g/mol. The molecule has 5 rings (SSSR count). The number of furan rings is 1. The Bertz CT molecular complexity index is 1560. The number of nitrogens with zero attached hydrogens (tertiary/aromatic N) is 1. The van der Waals surface area contributed by atoms with E-state index in [-0.39, 0.29) is 21.5 Å². The number of rotatable bonds is 3. The molecule has 2 heterocycles. The summed E-state index contributed by atoms with van der Waals surface area (Å²) in [4.78, 5) is 49.2. The van der Waals surface area contributed by atoms with E-state index in [1.807, 2.05) is 0 Å². The third kappa shape index (κ3) is 2.62. The maximum Gasteiger partial charge on any atom is 0.346 e. The molecule has 2 N–H and O–H groups in total. The summed E-state index contributed by atoms with van der Waals surface area (Å²) in [5.41, 5.74) is 3.76. The molecule has 0 aliphatic carbocycles. The van der Waals surface area contributed by atoms with Gasteiger partial charge in [-0.05, 0) is 60.7 Å². The molecular formula is C22H12N2O6. The molecule has 0 radical (unpaired) electrons. The molecule has 5 aromatic rings. The van der Waals surface area contributed by atoms with Gasteiger partial charge in [-0.25, -0.2) is 14.2 Å². The molecule has 0 fully saturated rings. The summed E-state index contributed by atoms with van der Waals surface area (Å²) in [6, 6.07) is 15.7. The summed E-state index contributed by atoms with van der Waals surface area (Å²) < 4.78 is 11.2. The number of ether oxygens (including phenoxy) is 1. The van der Waals surface area contributed by atoms with Gasteiger partial charge in [0.2, 0.25) is 0 Å². The van der Waals surface area contributed by atoms with Crippen LogP contribution in [0, 0.1) is 0 Å². The van der Waals surface area contributed by atoms with Gasteiger partial charge in [0, 0.05) is 5.69 Å². The zero-order valence-electron chi connectivity index (χ0n) is 15.2. The molecule has 0 atom stereocenters. The standard InChI is InChI=1S/C22H12N2O6/c23-11-1-5-13(6-2-11)29-14-7-3-12(4-8-14)24-19(25)15-9-17-18(10-16(15)20(24)26)22(28)30-21(17)27/h1-10H,23H2. The summed E-state index contributed by atoms with van der Waals surface area (Å²) in [6.07, 6.45) is 0. The van der Waals surface area contributed by atoms with Gasteiger partial charge in [0.15, 0.2) is 0 Å². The number of hydrogen-bond donors (Lipinski definition) is 1. The van der Waals surface area contributed by atoms with Crippen molar-refractivity contribution >= 4 is 27.2 Å². The van der Waals surface area contributed by atoms with E-state index in [1.165, 1.54) is 12.1 Å². The lowest BCUT2D eigenvalue weighted by Crippen LogP contribution is -2.23. The predicted molar refractivity (Wildman–Crippen MR) is 111 cm³/mol. The van der Waals surface area contributed by atoms with Crippen LogP contribution >= 0.6 is 0 Å². The Morgan fingerprint density at radius 1 is 0.667 bits per heavy atom. The smallest absolute Gasteiger partial charge is 0.346 e. The zero-order chi connectivity index (χ0) is 21.0. The Morgan fingerprint density at radius 2 is 1.13 bits per heavy atom. The number of nitrogens with two attached hydrogens (primary N) is 1. The second-order valence-corrected chi connectivity index (χ2v) is 6.73. The Morgan fingerprint density at radius 3 is 1.63 bits per heavy atom. The van der Waals surface area contributed by atoms with Crippen molar-refractivity contribution in [3.63, 3.8) is 0 Å². The summed E-state index contributed by atoms with van der Waals surface area (Å²) in [5, 5.41) is 0.0585. The fraction of sp³-hybridized carbons (Fsp3) is 0. The molecule has 0 bridgehead atoms. The Kier molecular flexibility index (Phi) is 3.69. The highest BCUT2D eigenvalue weighted by molar-refractivity contribution is 5.97. The van der Waals surface area contributed by atoms with E-state index in [2.05, 4.69) is 4.42 Å². The first-order valence-corrected chi connectivity index (χ1v) is 8.89. The number of benzene rings is 3. The van der Waals surface area contributed by atoms with Crippen LogP contribution in [0.15, 0.2) is 84.3 Å². The third-order valence-electron chi connectivity index (χ3n) is 4.86. The van der Waals surface area contributed by atoms with Crippen LogP contribution in [-0.4, -0.2) is 4.57 Å². The predicted octanol–water partition coefficient (Wildman–Crippen LogP) is 2.07. The Balaban J connectivity index is 1.59. The molecule has 8 nitrogen and oxygen atoms in total. The second kappa shape index (κ2) is 6.28. The van der Waals surface area contributed by atoms with Crippen molar-refractivity contribution in [1.29, 1.82) is 0 Å². The lowest BCUT2D eigenvalue weighted by molar-refractivity contribution is 0.482. The molecule has 146 valence electrons. The molecule has 0 amide bonds. The van der Waals surface area contributed by atoms with Gasteiger partial charge in [-0.1, -0.05) is 0 Å². The maximum absolute atomic E-state index is 12.8. The number of nitrogen functional groups attached to an aromatic ring is 1. The summed E-state index contributed by atoms with van der Waals surface area (Å²) in [7, 11) is 0. The van der Waals surface area contributed by atoms with Gasteiger partial charge >= 0.3 is 11.3 Å². The molecule has 0 aliphatic heterocycles. The molecule has 0 aliphatic rings. The van der Waals surface area contributed by atoms with Gasteiger partial charge in [-0.15, -0.1) is 0 Å². The minimum Gasteiger partial charge on any atom is -0.457 e. The van der Waals surface area contributed by atoms with E-state index < -0.39 is 22.4 Å². The first kappa shape index (κ1) is 17.6. The van der Waals surface area contributed by atoms with Crippen LogP contribution in [0.25, 0.3) is 27.2 Å². The van der Waals surface area contributed by atoms with Crippen LogP contribution in [0.1, 0.15) is 0 Å². The van der Waals surface area contributed by atoms with Crippen molar-refractivity contribution in [3.8, 4) is 17.2 Å². The van der Waals surface area contributed by atoms with Gasteiger partial charge in [0.05, 0.1) is 27.2 Å². The van der Waals surface area contributed by atoms with Crippen molar-refractivity contribution < 1.29 is 9.15 Å². The number of fused-ring (bicyclic) bond motifs is 2. The quantitative estimate of drug-likeness (QED) is 0.460. The molecule has 2 aromatic heterocycles. The van der Waals surface area contributed by atoms with E-state index in [4.69, 9.17) is 10.5 Å². The number of anilines is 1. The molecule has 8 heteroatoms. The summed E-state index contributed by atoms with van der Waals surface area (Å²) in [5.74, 6) is 1.09. The van der Waals surface area contributed by atoms with Gasteiger partial charge < -0.3 is 14.9 Å². The third-order valence-corrected chi connectivity index (χ3v) is 4.86. The van der Waals surface area contributed by atoms with Crippen LogP contribution < -0.4 is 32.8 Å². The molecule has 0 saturated carbocycles. The van der Waals surface area contributed by atoms with Crippen LogP contribution in [0.3, 0.4) is 0 Å². The van der Waals surface area contributed by atoms with Crippen LogP contribution in [0.4, 0.5) is 5.69 Å². The zero-order valence-corrected chi connectivity index (χ0v) is 15.2. The highest BCUT2D eigenvalue weighted by atomic mass is 16.5. The van der Waals surface area contributed by atoms with E-state index >= 15 is 0 Å². The van der Waals surface area contributed by atoms with Crippen molar-refractivity contribution in [2.45, 2.75) is 0 Å². The molecule has 0 saturated heterocycles.